The summed E-state index contributed by atoms with van der Waals surface area (Å²) in [4.78, 5) is 0. The minimum Gasteiger partial charge on any atom is -0.309 e. The Bertz CT molecular complexity index is 3500. The Labute approximate surface area is 309 Å². The third kappa shape index (κ3) is 4.25. The van der Waals surface area contributed by atoms with Crippen LogP contribution < -0.4 is 0 Å². The van der Waals surface area contributed by atoms with E-state index in [0.717, 1.165) is 44.2 Å². The van der Waals surface area contributed by atoms with Crippen LogP contribution in [0.3, 0.4) is 0 Å². The first-order valence-electron chi connectivity index (χ1n) is 20.5. The van der Waals surface area contributed by atoms with Crippen LogP contribution in [-0.4, -0.2) is 9.13 Å². The van der Waals surface area contributed by atoms with Crippen LogP contribution >= 0.6 is 0 Å². The van der Waals surface area contributed by atoms with Crippen LogP contribution in [0.5, 0.6) is 0 Å². The van der Waals surface area contributed by atoms with Crippen molar-refractivity contribution in [2.24, 2.45) is 0 Å². The van der Waals surface area contributed by atoms with Crippen molar-refractivity contribution < 1.29 is 8.22 Å². The van der Waals surface area contributed by atoms with Gasteiger partial charge in [0, 0.05) is 32.9 Å². The van der Waals surface area contributed by atoms with Crippen molar-refractivity contribution in [3.05, 3.63) is 194 Å². The molecule has 2 aromatic heterocycles. The van der Waals surface area contributed by atoms with Crippen molar-refractivity contribution in [1.29, 1.82) is 0 Å². The molecule has 9 aromatic carbocycles. The van der Waals surface area contributed by atoms with Gasteiger partial charge in [0.05, 0.1) is 30.3 Å². The normalized spacial score (nSPS) is 13.5. The van der Waals surface area contributed by atoms with E-state index in [4.69, 9.17) is 5.48 Å². The molecule has 0 fully saturated rings. The zero-order valence-electron chi connectivity index (χ0n) is 33.9. The Hall–Kier alpha value is -6.90. The fourth-order valence-electron chi connectivity index (χ4n) is 8.13. The van der Waals surface area contributed by atoms with Crippen molar-refractivity contribution in [1.82, 2.24) is 9.13 Å². The van der Waals surface area contributed by atoms with Crippen LogP contribution in [0, 0.1) is 0 Å². The number of hydrogen-bond acceptors (Lipinski definition) is 0. The highest BCUT2D eigenvalue weighted by Gasteiger charge is 2.20. The SMILES string of the molecule is [2H]c1c([2H])c([2H])c2c(-c3ccc(-n4c5ccccc5c5cc6c7c8ccccc8ccc7n(-c7ccccc7)c6cc54)cc3)c([2H])c([2H])c(-c3ccccc3)c2c1[2H]. The predicted octanol–water partition coefficient (Wildman–Crippen LogP) is 13.5. The topological polar surface area (TPSA) is 9.86 Å². The predicted molar refractivity (Wildman–Crippen MR) is 221 cm³/mol. The Morgan fingerprint density at radius 3 is 1.67 bits per heavy atom. The Morgan fingerprint density at radius 2 is 0.923 bits per heavy atom. The van der Waals surface area contributed by atoms with Crippen LogP contribution in [0.25, 0.3) is 98.8 Å². The third-order valence-electron chi connectivity index (χ3n) is 10.4. The van der Waals surface area contributed by atoms with E-state index in [-0.39, 0.29) is 47.0 Å². The Balaban J connectivity index is 1.18. The molecular formula is C50H32N2. The average molecular weight is 667 g/mol. The first-order chi connectivity index (χ1) is 28.3. The number of rotatable bonds is 4. The van der Waals surface area contributed by atoms with Crippen LogP contribution in [-0.2, 0) is 0 Å². The monoisotopic (exact) mass is 666 g/mol. The lowest BCUT2D eigenvalue weighted by atomic mass is 9.92. The molecular weight excluding hydrogens is 629 g/mol. The Morgan fingerprint density at radius 1 is 0.346 bits per heavy atom. The lowest BCUT2D eigenvalue weighted by molar-refractivity contribution is 1.16. The molecule has 0 atom stereocenters. The minimum absolute atomic E-state index is 0.0872. The number of fused-ring (bicyclic) bond motifs is 9. The van der Waals surface area contributed by atoms with Crippen LogP contribution in [0.2, 0.25) is 0 Å². The van der Waals surface area contributed by atoms with E-state index < -0.39 is 0 Å². The molecule has 0 amide bonds. The standard InChI is InChI=1S/C50H32N2/c1-3-13-33(14-4-1)38-28-29-39(42-20-10-9-19-41(38)42)35-23-26-37(27-24-35)51-46-22-12-11-21-43(46)44-31-45-49(32-48(44)51)52(36-16-5-2-6-17-36)47-30-25-34-15-7-8-18-40(34)50(45)47/h1-32H/i9D,10D,19D,20D,28D,29D. The fraction of sp³-hybridized carbons (Fsp3) is 0. The second-order valence-electron chi connectivity index (χ2n) is 13.3. The summed E-state index contributed by atoms with van der Waals surface area (Å²) >= 11 is 0. The van der Waals surface area contributed by atoms with Gasteiger partial charge in [-0.15, -0.1) is 0 Å². The molecule has 0 bridgehead atoms. The molecule has 2 nitrogen and oxygen atoms in total. The zero-order chi connectivity index (χ0) is 39.4. The highest BCUT2D eigenvalue weighted by Crippen LogP contribution is 2.42. The van der Waals surface area contributed by atoms with Crippen molar-refractivity contribution >= 4 is 65.2 Å². The second-order valence-corrected chi connectivity index (χ2v) is 13.3. The molecule has 0 radical (unpaired) electrons. The van der Waals surface area contributed by atoms with E-state index in [9.17, 15) is 2.74 Å². The second kappa shape index (κ2) is 11.3. The molecule has 242 valence electrons. The number of benzene rings is 9. The first-order valence-corrected chi connectivity index (χ1v) is 17.5. The van der Waals surface area contributed by atoms with Crippen LogP contribution in [0.4, 0.5) is 0 Å². The van der Waals surface area contributed by atoms with Crippen molar-refractivity contribution in [3.63, 3.8) is 0 Å². The van der Waals surface area contributed by atoms with Gasteiger partial charge in [0.15, 0.2) is 0 Å². The van der Waals surface area contributed by atoms with E-state index in [2.05, 4.69) is 106 Å². The molecule has 0 saturated heterocycles. The summed E-state index contributed by atoms with van der Waals surface area (Å²) in [6.45, 7) is 0. The molecule has 0 aliphatic heterocycles. The first kappa shape index (κ1) is 23.5. The van der Waals surface area contributed by atoms with Gasteiger partial charge in [-0.05, 0) is 92.3 Å². The van der Waals surface area contributed by atoms with Gasteiger partial charge in [-0.25, -0.2) is 0 Å². The molecule has 52 heavy (non-hydrogen) atoms. The highest BCUT2D eigenvalue weighted by molar-refractivity contribution is 6.25. The largest absolute Gasteiger partial charge is 0.309 e. The van der Waals surface area contributed by atoms with E-state index in [1.54, 1.807) is 0 Å². The minimum atomic E-state index is -0.371. The molecule has 0 N–H and O–H groups in total. The van der Waals surface area contributed by atoms with Crippen LogP contribution in [0.1, 0.15) is 8.22 Å². The molecule has 11 rings (SSSR count). The molecule has 0 aliphatic rings. The summed E-state index contributed by atoms with van der Waals surface area (Å²) in [5.41, 5.74) is 8.12. The average Bonchev–Trinajstić information content (AvgIpc) is 3.77. The molecule has 0 unspecified atom stereocenters. The maximum atomic E-state index is 9.32. The summed E-state index contributed by atoms with van der Waals surface area (Å²) in [5.74, 6) is 0. The van der Waals surface area contributed by atoms with Crippen LogP contribution in [0.15, 0.2) is 194 Å². The summed E-state index contributed by atoms with van der Waals surface area (Å²) in [6, 6.07) is 52.0. The van der Waals surface area contributed by atoms with E-state index >= 15 is 0 Å². The molecule has 0 spiro atoms. The van der Waals surface area contributed by atoms with Crippen molar-refractivity contribution in [2.45, 2.75) is 0 Å². The Kier molecular flexibility index (Phi) is 5.11. The van der Waals surface area contributed by atoms with Gasteiger partial charge >= 0.3 is 0 Å². The summed E-state index contributed by atoms with van der Waals surface area (Å²) in [5, 5.41) is 7.50. The summed E-state index contributed by atoms with van der Waals surface area (Å²) in [6.07, 6.45) is 0. The number of hydrogen-bond donors (Lipinski definition) is 0. The lowest BCUT2D eigenvalue weighted by Gasteiger charge is -2.14. The van der Waals surface area contributed by atoms with Gasteiger partial charge in [0.2, 0.25) is 0 Å². The van der Waals surface area contributed by atoms with Gasteiger partial charge < -0.3 is 9.13 Å². The summed E-state index contributed by atoms with van der Waals surface area (Å²) < 4.78 is 58.3. The quantitative estimate of drug-likeness (QED) is 0.177. The molecule has 2 heteroatoms. The van der Waals surface area contributed by atoms with Gasteiger partial charge in [-0.2, -0.15) is 0 Å². The van der Waals surface area contributed by atoms with Crippen molar-refractivity contribution in [3.8, 4) is 33.6 Å². The summed E-state index contributed by atoms with van der Waals surface area (Å²) in [7, 11) is 0. The van der Waals surface area contributed by atoms with Gasteiger partial charge in [-0.1, -0.05) is 145 Å². The lowest BCUT2D eigenvalue weighted by Crippen LogP contribution is -1.96. The highest BCUT2D eigenvalue weighted by atomic mass is 15.0. The van der Waals surface area contributed by atoms with E-state index in [0.29, 0.717) is 22.3 Å². The molecule has 2 heterocycles. The van der Waals surface area contributed by atoms with Gasteiger partial charge in [-0.3, -0.25) is 0 Å². The maximum Gasteiger partial charge on any atom is 0.0630 e. The molecule has 0 aliphatic carbocycles. The zero-order valence-corrected chi connectivity index (χ0v) is 27.9. The number of nitrogens with zero attached hydrogens (tertiary/aromatic N) is 2. The van der Waals surface area contributed by atoms with Gasteiger partial charge in [0.1, 0.15) is 0 Å². The van der Waals surface area contributed by atoms with Gasteiger partial charge in [0.25, 0.3) is 0 Å². The smallest absolute Gasteiger partial charge is 0.0630 e. The maximum absolute atomic E-state index is 9.32. The molecule has 11 aromatic rings. The van der Waals surface area contributed by atoms with E-state index in [1.807, 2.05) is 60.7 Å². The van der Waals surface area contributed by atoms with Crippen molar-refractivity contribution in [2.75, 3.05) is 0 Å². The number of para-hydroxylation sites is 2. The molecule has 0 saturated carbocycles. The fourth-order valence-corrected chi connectivity index (χ4v) is 8.13. The van der Waals surface area contributed by atoms with E-state index in [1.165, 1.54) is 21.5 Å². The third-order valence-corrected chi connectivity index (χ3v) is 10.4. The number of aromatic nitrogens is 2.